The van der Waals surface area contributed by atoms with E-state index in [2.05, 4.69) is 31.9 Å². The van der Waals surface area contributed by atoms with Crippen LogP contribution in [0.15, 0.2) is 21.1 Å². The van der Waals surface area contributed by atoms with Crippen LogP contribution in [0.5, 0.6) is 5.75 Å². The highest BCUT2D eigenvalue weighted by atomic mass is 79.9. The summed E-state index contributed by atoms with van der Waals surface area (Å²) in [6, 6.07) is 3.44. The van der Waals surface area contributed by atoms with E-state index in [0.717, 1.165) is 4.47 Å². The largest absolute Gasteiger partial charge is 0.489 e. The molecule has 5 heteroatoms. The summed E-state index contributed by atoms with van der Waals surface area (Å²) in [5.41, 5.74) is 0.353. The molecule has 1 aromatic rings. The van der Waals surface area contributed by atoms with Gasteiger partial charge in [0.1, 0.15) is 5.75 Å². The van der Waals surface area contributed by atoms with E-state index in [0.29, 0.717) is 15.8 Å². The first-order valence-corrected chi connectivity index (χ1v) is 6.23. The molecule has 0 aliphatic rings. The number of rotatable bonds is 3. The molecule has 0 unspecified atom stereocenters. The van der Waals surface area contributed by atoms with Gasteiger partial charge in [-0.3, -0.25) is 4.79 Å². The molecule has 0 N–H and O–H groups in total. The molecule has 0 aliphatic carbocycles. The molecule has 1 rings (SSSR count). The molecule has 82 valence electrons. The van der Waals surface area contributed by atoms with Gasteiger partial charge in [-0.1, -0.05) is 15.9 Å². The second-order valence-corrected chi connectivity index (χ2v) is 5.32. The Morgan fingerprint density at radius 2 is 2.00 bits per heavy atom. The Morgan fingerprint density at radius 1 is 1.40 bits per heavy atom. The summed E-state index contributed by atoms with van der Waals surface area (Å²) in [6.07, 6.45) is -0.0164. The first-order valence-electron chi connectivity index (χ1n) is 4.27. The Morgan fingerprint density at radius 3 is 2.47 bits per heavy atom. The van der Waals surface area contributed by atoms with Crippen molar-refractivity contribution in [3.05, 3.63) is 26.6 Å². The minimum atomic E-state index is -0.535. The summed E-state index contributed by atoms with van der Waals surface area (Å²) in [6.45, 7) is 3.77. The summed E-state index contributed by atoms with van der Waals surface area (Å²) in [7, 11) is 0. The van der Waals surface area contributed by atoms with Crippen molar-refractivity contribution in [3.8, 4) is 5.75 Å². The van der Waals surface area contributed by atoms with E-state index in [1.54, 1.807) is 12.1 Å². The Kier molecular flexibility index (Phi) is 4.62. The van der Waals surface area contributed by atoms with Crippen molar-refractivity contribution in [3.63, 3.8) is 0 Å². The number of halogens is 3. The lowest BCUT2D eigenvalue weighted by Gasteiger charge is -2.14. The molecule has 0 spiro atoms. The van der Waals surface area contributed by atoms with Crippen molar-refractivity contribution in [1.82, 2.24) is 0 Å². The van der Waals surface area contributed by atoms with Crippen molar-refractivity contribution in [2.45, 2.75) is 20.0 Å². The number of hydrogen-bond donors (Lipinski definition) is 0. The van der Waals surface area contributed by atoms with Gasteiger partial charge < -0.3 is 4.74 Å². The van der Waals surface area contributed by atoms with Crippen LogP contribution in [0, 0.1) is 0 Å². The summed E-state index contributed by atoms with van der Waals surface area (Å²) in [5.74, 6) is 0.480. The van der Waals surface area contributed by atoms with Gasteiger partial charge in [0, 0.05) is 4.47 Å². The van der Waals surface area contributed by atoms with Crippen molar-refractivity contribution >= 4 is 48.7 Å². The van der Waals surface area contributed by atoms with E-state index in [1.165, 1.54) is 0 Å². The van der Waals surface area contributed by atoms with Gasteiger partial charge in [0.05, 0.1) is 16.1 Å². The van der Waals surface area contributed by atoms with E-state index in [-0.39, 0.29) is 6.10 Å². The molecule has 0 atom stereocenters. The lowest BCUT2D eigenvalue weighted by molar-refractivity contribution is 0.107. The SMILES string of the molecule is CC(C)Oc1c(Br)cc(Br)cc1C(=O)Cl. The monoisotopic (exact) mass is 354 g/mol. The lowest BCUT2D eigenvalue weighted by Crippen LogP contribution is -2.09. The third-order valence-corrected chi connectivity index (χ3v) is 2.82. The zero-order valence-corrected chi connectivity index (χ0v) is 12.1. The molecular formula is C10H9Br2ClO2. The molecule has 0 radical (unpaired) electrons. The minimum absolute atomic E-state index is 0.0164. The van der Waals surface area contributed by atoms with Crippen LogP contribution < -0.4 is 4.74 Å². The average molecular weight is 356 g/mol. The second kappa shape index (κ2) is 5.32. The predicted octanol–water partition coefficient (Wildman–Crippen LogP) is 4.38. The Hall–Kier alpha value is -0.0600. The standard InChI is InChI=1S/C10H9Br2ClO2/c1-5(2)15-9-7(10(13)14)3-6(11)4-8(9)12/h3-5H,1-2H3. The van der Waals surface area contributed by atoms with Crippen LogP contribution in [0.2, 0.25) is 0 Å². The highest BCUT2D eigenvalue weighted by Gasteiger charge is 2.16. The average Bonchev–Trinajstić information content (AvgIpc) is 2.08. The number of ether oxygens (including phenoxy) is 1. The molecule has 0 aliphatic heterocycles. The number of carbonyl (C=O) groups excluding carboxylic acids is 1. The van der Waals surface area contributed by atoms with Crippen molar-refractivity contribution in [2.24, 2.45) is 0 Å². The topological polar surface area (TPSA) is 26.3 Å². The van der Waals surface area contributed by atoms with Crippen LogP contribution in [0.25, 0.3) is 0 Å². The van der Waals surface area contributed by atoms with Crippen molar-refractivity contribution in [2.75, 3.05) is 0 Å². The number of hydrogen-bond acceptors (Lipinski definition) is 2. The van der Waals surface area contributed by atoms with Crippen LogP contribution in [0.1, 0.15) is 24.2 Å². The second-order valence-electron chi connectivity index (χ2n) is 3.20. The first-order chi connectivity index (χ1) is 6.91. The molecule has 2 nitrogen and oxygen atoms in total. The van der Waals surface area contributed by atoms with Gasteiger partial charge in [-0.25, -0.2) is 0 Å². The van der Waals surface area contributed by atoms with E-state index >= 15 is 0 Å². The smallest absolute Gasteiger partial charge is 0.256 e. The number of carbonyl (C=O) groups is 1. The van der Waals surface area contributed by atoms with Crippen LogP contribution in [0.4, 0.5) is 0 Å². The van der Waals surface area contributed by atoms with Crippen LogP contribution in [-0.4, -0.2) is 11.3 Å². The molecule has 0 heterocycles. The molecular weight excluding hydrogens is 347 g/mol. The fraction of sp³-hybridized carbons (Fsp3) is 0.300. The Bertz CT molecular complexity index is 391. The summed E-state index contributed by atoms with van der Waals surface area (Å²) in [5, 5.41) is -0.535. The third-order valence-electron chi connectivity index (χ3n) is 1.57. The minimum Gasteiger partial charge on any atom is -0.489 e. The van der Waals surface area contributed by atoms with Gasteiger partial charge in [-0.15, -0.1) is 0 Å². The highest BCUT2D eigenvalue weighted by molar-refractivity contribution is 9.11. The first kappa shape index (κ1) is 13.0. The Balaban J connectivity index is 3.27. The van der Waals surface area contributed by atoms with Crippen molar-refractivity contribution < 1.29 is 9.53 Å². The van der Waals surface area contributed by atoms with Gasteiger partial charge in [-0.05, 0) is 53.5 Å². The quantitative estimate of drug-likeness (QED) is 0.752. The number of benzene rings is 1. The van der Waals surface area contributed by atoms with Crippen molar-refractivity contribution in [1.29, 1.82) is 0 Å². The van der Waals surface area contributed by atoms with Gasteiger partial charge in [0.25, 0.3) is 5.24 Å². The van der Waals surface area contributed by atoms with Crippen LogP contribution >= 0.6 is 43.5 Å². The van der Waals surface area contributed by atoms with Gasteiger partial charge >= 0.3 is 0 Å². The zero-order valence-electron chi connectivity index (χ0n) is 8.18. The maximum Gasteiger partial charge on any atom is 0.256 e. The maximum absolute atomic E-state index is 11.2. The molecule has 0 saturated heterocycles. The van der Waals surface area contributed by atoms with Crippen LogP contribution in [0.3, 0.4) is 0 Å². The molecule has 15 heavy (non-hydrogen) atoms. The third kappa shape index (κ3) is 3.47. The highest BCUT2D eigenvalue weighted by Crippen LogP contribution is 2.34. The normalized spacial score (nSPS) is 10.5. The fourth-order valence-corrected chi connectivity index (χ4v) is 2.52. The van der Waals surface area contributed by atoms with Gasteiger partial charge in [0.15, 0.2) is 0 Å². The lowest BCUT2D eigenvalue weighted by atomic mass is 10.2. The summed E-state index contributed by atoms with van der Waals surface area (Å²) in [4.78, 5) is 11.2. The Labute approximate surface area is 110 Å². The molecule has 1 aromatic carbocycles. The van der Waals surface area contributed by atoms with E-state index in [4.69, 9.17) is 16.3 Å². The molecule has 0 amide bonds. The van der Waals surface area contributed by atoms with E-state index < -0.39 is 5.24 Å². The molecule has 0 saturated carbocycles. The van der Waals surface area contributed by atoms with E-state index in [1.807, 2.05) is 13.8 Å². The van der Waals surface area contributed by atoms with Gasteiger partial charge in [0.2, 0.25) is 0 Å². The summed E-state index contributed by atoms with van der Waals surface area (Å²) >= 11 is 12.1. The fourth-order valence-electron chi connectivity index (χ4n) is 1.06. The van der Waals surface area contributed by atoms with Crippen LogP contribution in [-0.2, 0) is 0 Å². The molecule has 0 aromatic heterocycles. The molecule has 0 bridgehead atoms. The summed E-state index contributed by atoms with van der Waals surface area (Å²) < 4.78 is 7.00. The van der Waals surface area contributed by atoms with E-state index in [9.17, 15) is 4.79 Å². The maximum atomic E-state index is 11.2. The van der Waals surface area contributed by atoms with Gasteiger partial charge in [-0.2, -0.15) is 0 Å². The molecule has 0 fully saturated rings. The predicted molar refractivity (Wildman–Crippen MR) is 67.8 cm³/mol. The zero-order chi connectivity index (χ0) is 11.6.